The normalized spacial score (nSPS) is 12.4. The van der Waals surface area contributed by atoms with Crippen LogP contribution in [0.15, 0.2) is 82.3 Å². The van der Waals surface area contributed by atoms with Gasteiger partial charge >= 0.3 is 0 Å². The summed E-state index contributed by atoms with van der Waals surface area (Å²) in [6.45, 7) is 1.30. The van der Waals surface area contributed by atoms with Gasteiger partial charge in [0.05, 0.1) is 22.9 Å². The molecule has 1 heterocycles. The Kier molecular flexibility index (Phi) is 5.79. The van der Waals surface area contributed by atoms with Gasteiger partial charge in [0.2, 0.25) is 5.91 Å². The quantitative estimate of drug-likeness (QED) is 0.656. The number of hydrogen-bond donors (Lipinski definition) is 1. The molecule has 146 valence electrons. The molecule has 1 unspecified atom stereocenters. The number of halogens is 1. The molecule has 0 aliphatic heterocycles. The highest BCUT2D eigenvalue weighted by molar-refractivity contribution is 7.92. The summed E-state index contributed by atoms with van der Waals surface area (Å²) in [5.41, 5.74) is 0.327. The molecule has 0 saturated heterocycles. The molecule has 1 N–H and O–H groups in total. The van der Waals surface area contributed by atoms with Gasteiger partial charge in [-0.05, 0) is 55.5 Å². The Balaban J connectivity index is 1.87. The number of amides is 1. The van der Waals surface area contributed by atoms with Crippen molar-refractivity contribution >= 4 is 21.6 Å². The number of carbonyl (C=O) groups excluding carboxylic acids is 1. The number of benzene rings is 2. The van der Waals surface area contributed by atoms with Crippen molar-refractivity contribution in [2.45, 2.75) is 17.9 Å². The SMILES string of the molecule is CC(NC(=O)CN(c1ccccc1)S(=O)(=O)c1ccc(F)cc1)c1ccco1. The number of carbonyl (C=O) groups is 1. The van der Waals surface area contributed by atoms with Gasteiger partial charge in [0, 0.05) is 0 Å². The van der Waals surface area contributed by atoms with Crippen LogP contribution in [0, 0.1) is 5.82 Å². The van der Waals surface area contributed by atoms with E-state index in [0.29, 0.717) is 11.4 Å². The number of furan rings is 1. The number of nitrogens with one attached hydrogen (secondary N) is 1. The molecule has 0 spiro atoms. The average molecular weight is 402 g/mol. The zero-order chi connectivity index (χ0) is 20.1. The van der Waals surface area contributed by atoms with Gasteiger partial charge in [-0.25, -0.2) is 12.8 Å². The molecule has 3 aromatic rings. The van der Waals surface area contributed by atoms with Crippen LogP contribution in [0.4, 0.5) is 10.1 Å². The average Bonchev–Trinajstić information content (AvgIpc) is 3.22. The summed E-state index contributed by atoms with van der Waals surface area (Å²) in [6.07, 6.45) is 1.49. The first-order valence-corrected chi connectivity index (χ1v) is 9.98. The summed E-state index contributed by atoms with van der Waals surface area (Å²) in [6, 6.07) is 15.7. The van der Waals surface area contributed by atoms with E-state index in [4.69, 9.17) is 4.42 Å². The van der Waals surface area contributed by atoms with Crippen LogP contribution in [0.3, 0.4) is 0 Å². The molecule has 1 aromatic heterocycles. The Bertz CT molecular complexity index is 1020. The van der Waals surface area contributed by atoms with E-state index in [1.807, 2.05) is 0 Å². The Morgan fingerprint density at radius 2 is 1.75 bits per heavy atom. The van der Waals surface area contributed by atoms with Crippen molar-refractivity contribution in [1.82, 2.24) is 5.32 Å². The molecule has 0 aliphatic carbocycles. The lowest BCUT2D eigenvalue weighted by Gasteiger charge is -2.24. The molecule has 28 heavy (non-hydrogen) atoms. The number of anilines is 1. The maximum absolute atomic E-state index is 13.2. The third kappa shape index (κ3) is 4.40. The smallest absolute Gasteiger partial charge is 0.264 e. The number of rotatable bonds is 7. The Morgan fingerprint density at radius 1 is 1.07 bits per heavy atom. The number of sulfonamides is 1. The molecule has 0 aliphatic rings. The predicted molar refractivity (Wildman–Crippen MR) is 103 cm³/mol. The molecule has 6 nitrogen and oxygen atoms in total. The fraction of sp³-hybridized carbons (Fsp3) is 0.150. The van der Waals surface area contributed by atoms with Gasteiger partial charge in [-0.15, -0.1) is 0 Å². The van der Waals surface area contributed by atoms with E-state index < -0.39 is 34.3 Å². The third-order valence-electron chi connectivity index (χ3n) is 4.08. The van der Waals surface area contributed by atoms with Gasteiger partial charge in [-0.1, -0.05) is 18.2 Å². The maximum Gasteiger partial charge on any atom is 0.264 e. The Labute approximate surface area is 162 Å². The van der Waals surface area contributed by atoms with Gasteiger partial charge in [0.1, 0.15) is 18.1 Å². The lowest BCUT2D eigenvalue weighted by molar-refractivity contribution is -0.120. The number of nitrogens with zero attached hydrogens (tertiary/aromatic N) is 1. The van der Waals surface area contributed by atoms with E-state index in [9.17, 15) is 17.6 Å². The van der Waals surface area contributed by atoms with Gasteiger partial charge in [0.15, 0.2) is 0 Å². The molecule has 3 rings (SSSR count). The van der Waals surface area contributed by atoms with Crippen LogP contribution in [0.25, 0.3) is 0 Å². The minimum atomic E-state index is -4.07. The van der Waals surface area contributed by atoms with E-state index in [1.165, 1.54) is 18.4 Å². The van der Waals surface area contributed by atoms with E-state index in [2.05, 4.69) is 5.32 Å². The summed E-state index contributed by atoms with van der Waals surface area (Å²) >= 11 is 0. The summed E-state index contributed by atoms with van der Waals surface area (Å²) in [5.74, 6) is -0.491. The standard InChI is InChI=1S/C20H19FN2O4S/c1-15(19-8-5-13-27-19)22-20(24)14-23(17-6-3-2-4-7-17)28(25,26)18-11-9-16(21)10-12-18/h2-13,15H,14H2,1H3,(H,22,24). The van der Waals surface area contributed by atoms with Crippen molar-refractivity contribution in [3.8, 4) is 0 Å². The zero-order valence-corrected chi connectivity index (χ0v) is 15.9. The van der Waals surface area contributed by atoms with Gasteiger partial charge in [-0.3, -0.25) is 9.10 Å². The molecule has 1 atom stereocenters. The van der Waals surface area contributed by atoms with E-state index in [-0.39, 0.29) is 4.90 Å². The highest BCUT2D eigenvalue weighted by Crippen LogP contribution is 2.23. The first kappa shape index (κ1) is 19.6. The summed E-state index contributed by atoms with van der Waals surface area (Å²) in [7, 11) is -4.07. The first-order valence-electron chi connectivity index (χ1n) is 8.54. The van der Waals surface area contributed by atoms with Crippen LogP contribution in [0.1, 0.15) is 18.7 Å². The van der Waals surface area contributed by atoms with Crippen LogP contribution >= 0.6 is 0 Å². The highest BCUT2D eigenvalue weighted by atomic mass is 32.2. The monoisotopic (exact) mass is 402 g/mol. The maximum atomic E-state index is 13.2. The third-order valence-corrected chi connectivity index (χ3v) is 5.87. The van der Waals surface area contributed by atoms with Crippen molar-refractivity contribution in [2.24, 2.45) is 0 Å². The summed E-state index contributed by atoms with van der Waals surface area (Å²) in [5, 5.41) is 2.72. The second-order valence-corrected chi connectivity index (χ2v) is 7.97. The molecular formula is C20H19FN2O4S. The van der Waals surface area contributed by atoms with Crippen molar-refractivity contribution in [2.75, 3.05) is 10.8 Å². The highest BCUT2D eigenvalue weighted by Gasteiger charge is 2.27. The minimum Gasteiger partial charge on any atom is -0.467 e. The largest absolute Gasteiger partial charge is 0.467 e. The van der Waals surface area contributed by atoms with E-state index in [0.717, 1.165) is 16.4 Å². The van der Waals surface area contributed by atoms with Crippen LogP contribution < -0.4 is 9.62 Å². The number of para-hydroxylation sites is 1. The van der Waals surface area contributed by atoms with Crippen molar-refractivity contribution in [3.63, 3.8) is 0 Å². The molecule has 8 heteroatoms. The Hall–Kier alpha value is -3.13. The Morgan fingerprint density at radius 3 is 2.36 bits per heavy atom. The second kappa shape index (κ2) is 8.26. The molecule has 2 aromatic carbocycles. The summed E-state index contributed by atoms with van der Waals surface area (Å²) < 4.78 is 45.6. The lowest BCUT2D eigenvalue weighted by atomic mass is 10.2. The van der Waals surface area contributed by atoms with Crippen LogP contribution in [0.2, 0.25) is 0 Å². The summed E-state index contributed by atoms with van der Waals surface area (Å²) in [4.78, 5) is 12.4. The van der Waals surface area contributed by atoms with Crippen molar-refractivity contribution in [1.29, 1.82) is 0 Å². The van der Waals surface area contributed by atoms with Crippen LogP contribution in [-0.4, -0.2) is 20.9 Å². The van der Waals surface area contributed by atoms with Gasteiger partial charge in [0.25, 0.3) is 10.0 Å². The lowest BCUT2D eigenvalue weighted by Crippen LogP contribution is -2.41. The molecule has 0 bridgehead atoms. The molecule has 0 saturated carbocycles. The topological polar surface area (TPSA) is 79.6 Å². The van der Waals surface area contributed by atoms with Gasteiger partial charge < -0.3 is 9.73 Å². The minimum absolute atomic E-state index is 0.107. The fourth-order valence-corrected chi connectivity index (χ4v) is 4.09. The van der Waals surface area contributed by atoms with Gasteiger partial charge in [-0.2, -0.15) is 0 Å². The molecule has 0 fully saturated rings. The van der Waals surface area contributed by atoms with Crippen molar-refractivity contribution in [3.05, 3.63) is 84.6 Å². The predicted octanol–water partition coefficient (Wildman–Crippen LogP) is 3.49. The van der Waals surface area contributed by atoms with Crippen LogP contribution in [0.5, 0.6) is 0 Å². The second-order valence-electron chi connectivity index (χ2n) is 6.11. The zero-order valence-electron chi connectivity index (χ0n) is 15.1. The first-order chi connectivity index (χ1) is 13.4. The molecule has 1 amide bonds. The van der Waals surface area contributed by atoms with Crippen molar-refractivity contribution < 1.29 is 22.0 Å². The fourth-order valence-electron chi connectivity index (χ4n) is 2.67. The van der Waals surface area contributed by atoms with Crippen LogP contribution in [-0.2, 0) is 14.8 Å². The van der Waals surface area contributed by atoms with E-state index in [1.54, 1.807) is 49.4 Å². The van der Waals surface area contributed by atoms with E-state index >= 15 is 0 Å². The molecule has 0 radical (unpaired) electrons. The molecular weight excluding hydrogens is 383 g/mol. The number of hydrogen-bond acceptors (Lipinski definition) is 4.